The molecule has 1 aliphatic heterocycles. The third kappa shape index (κ3) is 2.94. The molecule has 3 aromatic rings. The third-order valence-corrected chi connectivity index (χ3v) is 6.16. The number of carbonyl (C=O) groups excluding carboxylic acids is 2. The van der Waals surface area contributed by atoms with Gasteiger partial charge in [-0.2, -0.15) is 0 Å². The Morgan fingerprint density at radius 3 is 2.21 bits per heavy atom. The lowest BCUT2D eigenvalue weighted by atomic mass is 9.80. The Morgan fingerprint density at radius 1 is 1.00 bits per heavy atom. The third-order valence-electron chi connectivity index (χ3n) is 5.02. The van der Waals surface area contributed by atoms with Gasteiger partial charge in [0, 0.05) is 28.3 Å². The van der Waals surface area contributed by atoms with Crippen LogP contribution in [0.5, 0.6) is 0 Å². The van der Waals surface area contributed by atoms with Crippen LogP contribution in [0.15, 0.2) is 71.9 Å². The summed E-state index contributed by atoms with van der Waals surface area (Å²) >= 11 is 1.35. The Labute approximate surface area is 167 Å². The number of anilines is 2. The number of nitrogens with one attached hydrogen (secondary N) is 1. The summed E-state index contributed by atoms with van der Waals surface area (Å²) in [6.07, 6.45) is 0. The fourth-order valence-corrected chi connectivity index (χ4v) is 4.95. The molecule has 0 amide bonds. The zero-order chi connectivity index (χ0) is 19.8. The Hall–Kier alpha value is -3.18. The van der Waals surface area contributed by atoms with Crippen molar-refractivity contribution in [2.45, 2.75) is 19.8 Å². The van der Waals surface area contributed by atoms with E-state index in [1.165, 1.54) is 11.3 Å². The van der Waals surface area contributed by atoms with Crippen LogP contribution in [0.4, 0.5) is 10.7 Å². The predicted molar refractivity (Wildman–Crippen MR) is 114 cm³/mol. The van der Waals surface area contributed by atoms with E-state index in [2.05, 4.69) is 5.32 Å². The maximum absolute atomic E-state index is 13.0. The molecule has 4 rings (SSSR count). The standard InChI is InChI=1S/C23H20N2O2S/c1-13-17(14(2)26)18(15-9-5-3-6-10-15)19-20(24)22(28-23(19)25-13)21(27)16-11-7-4-8-12-16/h3-12,18,25H,24H2,1-2H3. The summed E-state index contributed by atoms with van der Waals surface area (Å²) < 4.78 is 0. The van der Waals surface area contributed by atoms with E-state index < -0.39 is 0 Å². The van der Waals surface area contributed by atoms with E-state index in [-0.39, 0.29) is 17.5 Å². The van der Waals surface area contributed by atoms with Crippen LogP contribution in [-0.2, 0) is 4.79 Å². The lowest BCUT2D eigenvalue weighted by molar-refractivity contribution is -0.113. The number of hydrogen-bond donors (Lipinski definition) is 2. The Balaban J connectivity index is 1.90. The van der Waals surface area contributed by atoms with E-state index in [1.54, 1.807) is 19.1 Å². The molecular weight excluding hydrogens is 368 g/mol. The second kappa shape index (κ2) is 7.09. The molecule has 0 saturated heterocycles. The number of benzene rings is 2. The zero-order valence-corrected chi connectivity index (χ0v) is 16.5. The smallest absolute Gasteiger partial charge is 0.205 e. The van der Waals surface area contributed by atoms with Crippen LogP contribution in [-0.4, -0.2) is 11.6 Å². The highest BCUT2D eigenvalue weighted by molar-refractivity contribution is 7.19. The number of carbonyl (C=O) groups is 2. The Bertz CT molecular complexity index is 1100. The van der Waals surface area contributed by atoms with E-state index in [0.717, 1.165) is 21.8 Å². The molecule has 3 N–H and O–H groups in total. The maximum atomic E-state index is 13.0. The predicted octanol–water partition coefficient (Wildman–Crippen LogP) is 4.98. The summed E-state index contributed by atoms with van der Waals surface area (Å²) in [5, 5.41) is 4.13. The van der Waals surface area contributed by atoms with Crippen LogP contribution in [0.3, 0.4) is 0 Å². The summed E-state index contributed by atoms with van der Waals surface area (Å²) in [6.45, 7) is 3.46. The fraction of sp³-hybridized carbons (Fsp3) is 0.130. The Kier molecular flexibility index (Phi) is 4.61. The second-order valence-corrected chi connectivity index (χ2v) is 7.87. The minimum absolute atomic E-state index is 0.00830. The first-order valence-corrected chi connectivity index (χ1v) is 9.86. The quantitative estimate of drug-likeness (QED) is 0.618. The van der Waals surface area contributed by atoms with Crippen molar-refractivity contribution in [2.75, 3.05) is 11.1 Å². The van der Waals surface area contributed by atoms with E-state index in [4.69, 9.17) is 5.73 Å². The first kappa shape index (κ1) is 18.2. The normalized spacial score (nSPS) is 15.7. The first-order valence-electron chi connectivity index (χ1n) is 9.04. The minimum atomic E-state index is -0.288. The van der Waals surface area contributed by atoms with Crippen molar-refractivity contribution in [3.63, 3.8) is 0 Å². The highest BCUT2D eigenvalue weighted by Crippen LogP contribution is 2.50. The largest absolute Gasteiger partial charge is 0.397 e. The van der Waals surface area contributed by atoms with Gasteiger partial charge in [-0.05, 0) is 19.4 Å². The number of fused-ring (bicyclic) bond motifs is 1. The van der Waals surface area contributed by atoms with Gasteiger partial charge in [0.2, 0.25) is 5.78 Å². The van der Waals surface area contributed by atoms with Gasteiger partial charge in [-0.25, -0.2) is 0 Å². The topological polar surface area (TPSA) is 72.2 Å². The molecule has 0 radical (unpaired) electrons. The van der Waals surface area contributed by atoms with E-state index in [9.17, 15) is 9.59 Å². The number of nitrogen functional groups attached to an aromatic ring is 1. The number of hydrogen-bond acceptors (Lipinski definition) is 5. The van der Waals surface area contributed by atoms with Gasteiger partial charge < -0.3 is 11.1 Å². The minimum Gasteiger partial charge on any atom is -0.397 e. The number of nitrogens with two attached hydrogens (primary N) is 1. The van der Waals surface area contributed by atoms with Gasteiger partial charge in [-0.15, -0.1) is 11.3 Å². The van der Waals surface area contributed by atoms with Crippen LogP contribution in [0, 0.1) is 0 Å². The molecule has 0 fully saturated rings. The summed E-state index contributed by atoms with van der Waals surface area (Å²) in [4.78, 5) is 26.0. The van der Waals surface area contributed by atoms with E-state index in [1.807, 2.05) is 55.5 Å². The van der Waals surface area contributed by atoms with Crippen LogP contribution < -0.4 is 11.1 Å². The highest BCUT2D eigenvalue weighted by atomic mass is 32.1. The molecule has 5 heteroatoms. The fourth-order valence-electron chi connectivity index (χ4n) is 3.77. The summed E-state index contributed by atoms with van der Waals surface area (Å²) in [7, 11) is 0. The van der Waals surface area contributed by atoms with E-state index in [0.29, 0.717) is 21.7 Å². The van der Waals surface area contributed by atoms with Gasteiger partial charge in [0.25, 0.3) is 0 Å². The molecule has 2 heterocycles. The highest BCUT2D eigenvalue weighted by Gasteiger charge is 2.35. The average molecular weight is 388 g/mol. The number of allylic oxidation sites excluding steroid dienone is 2. The van der Waals surface area contributed by atoms with Crippen molar-refractivity contribution >= 4 is 33.6 Å². The molecular formula is C23H20N2O2S. The molecule has 1 atom stereocenters. The number of Topliss-reactive ketones (excluding diaryl/α,β-unsaturated/α-hetero) is 1. The molecule has 2 aromatic carbocycles. The van der Waals surface area contributed by atoms with Crippen molar-refractivity contribution in [1.82, 2.24) is 0 Å². The van der Waals surface area contributed by atoms with Crippen LogP contribution in [0.25, 0.3) is 0 Å². The molecule has 28 heavy (non-hydrogen) atoms. The van der Waals surface area contributed by atoms with Crippen LogP contribution in [0.2, 0.25) is 0 Å². The van der Waals surface area contributed by atoms with Crippen molar-refractivity contribution in [1.29, 1.82) is 0 Å². The Morgan fingerprint density at radius 2 is 1.61 bits per heavy atom. The zero-order valence-electron chi connectivity index (χ0n) is 15.7. The molecule has 4 nitrogen and oxygen atoms in total. The van der Waals surface area contributed by atoms with E-state index >= 15 is 0 Å². The van der Waals surface area contributed by atoms with Crippen LogP contribution in [0.1, 0.15) is 46.1 Å². The van der Waals surface area contributed by atoms with Crippen LogP contribution >= 0.6 is 11.3 Å². The molecule has 0 aliphatic carbocycles. The van der Waals surface area contributed by atoms with Gasteiger partial charge >= 0.3 is 0 Å². The molecule has 0 bridgehead atoms. The van der Waals surface area contributed by atoms with Gasteiger partial charge in [0.05, 0.1) is 10.7 Å². The lowest BCUT2D eigenvalue weighted by Crippen LogP contribution is -2.21. The molecule has 0 spiro atoms. The monoisotopic (exact) mass is 388 g/mol. The number of thiophene rings is 1. The van der Waals surface area contributed by atoms with Crippen molar-refractivity contribution < 1.29 is 9.59 Å². The number of rotatable bonds is 4. The van der Waals surface area contributed by atoms with Crippen molar-refractivity contribution in [3.8, 4) is 0 Å². The average Bonchev–Trinajstić information content (AvgIpc) is 3.03. The second-order valence-electron chi connectivity index (χ2n) is 6.85. The summed E-state index contributed by atoms with van der Waals surface area (Å²) in [6, 6.07) is 18.9. The first-order chi connectivity index (χ1) is 13.5. The van der Waals surface area contributed by atoms with Gasteiger partial charge in [-0.3, -0.25) is 9.59 Å². The van der Waals surface area contributed by atoms with Gasteiger partial charge in [0.1, 0.15) is 4.88 Å². The molecule has 140 valence electrons. The van der Waals surface area contributed by atoms with Gasteiger partial charge in [-0.1, -0.05) is 60.7 Å². The summed E-state index contributed by atoms with van der Waals surface area (Å²) in [5.41, 5.74) is 10.8. The van der Waals surface area contributed by atoms with Crippen molar-refractivity contribution in [2.24, 2.45) is 0 Å². The SMILES string of the molecule is CC(=O)C1=C(C)Nc2sc(C(=O)c3ccccc3)c(N)c2C1c1ccccc1. The summed E-state index contributed by atoms with van der Waals surface area (Å²) in [5.74, 6) is -0.400. The van der Waals surface area contributed by atoms with Crippen molar-refractivity contribution in [3.05, 3.63) is 93.5 Å². The molecule has 1 unspecified atom stereocenters. The number of ketones is 2. The van der Waals surface area contributed by atoms with Gasteiger partial charge in [0.15, 0.2) is 5.78 Å². The lowest BCUT2D eigenvalue weighted by Gasteiger charge is -2.28. The molecule has 0 saturated carbocycles. The molecule has 1 aliphatic rings. The molecule has 1 aromatic heterocycles. The maximum Gasteiger partial charge on any atom is 0.205 e.